The van der Waals surface area contributed by atoms with Crippen molar-refractivity contribution in [3.05, 3.63) is 69.7 Å². The van der Waals surface area contributed by atoms with Crippen molar-refractivity contribution < 1.29 is 19.1 Å². The fourth-order valence-electron chi connectivity index (χ4n) is 4.82. The van der Waals surface area contributed by atoms with E-state index in [1.54, 1.807) is 24.3 Å². The molecule has 0 N–H and O–H groups in total. The van der Waals surface area contributed by atoms with Crippen LogP contribution in [0.4, 0.5) is 0 Å². The number of hydrazone groups is 1. The third-order valence-electron chi connectivity index (χ3n) is 6.32. The number of benzene rings is 2. The van der Waals surface area contributed by atoms with Crippen LogP contribution < -0.4 is 9.47 Å². The number of amides is 2. The van der Waals surface area contributed by atoms with Gasteiger partial charge in [0.25, 0.3) is 11.8 Å². The normalized spacial score (nSPS) is 25.8. The molecule has 1 heterocycles. The summed E-state index contributed by atoms with van der Waals surface area (Å²) < 4.78 is 11.3. The second-order valence-electron chi connectivity index (χ2n) is 8.18. The summed E-state index contributed by atoms with van der Waals surface area (Å²) in [6.07, 6.45) is 6.44. The first kappa shape index (κ1) is 21.0. The maximum Gasteiger partial charge on any atom is 0.254 e. The molecule has 2 aromatic carbocycles. The fourth-order valence-corrected chi connectivity index (χ4v) is 5.21. The second-order valence-corrected chi connectivity index (χ2v) is 9.03. The number of nitrogens with zero attached hydrogens (tertiary/aromatic N) is 2. The van der Waals surface area contributed by atoms with Crippen molar-refractivity contribution in [2.45, 2.75) is 13.0 Å². The number of hydrogen-bond donors (Lipinski definition) is 0. The van der Waals surface area contributed by atoms with Gasteiger partial charge in [0.2, 0.25) is 0 Å². The van der Waals surface area contributed by atoms with Crippen molar-refractivity contribution in [1.82, 2.24) is 5.01 Å². The lowest BCUT2D eigenvalue weighted by Gasteiger charge is -2.14. The van der Waals surface area contributed by atoms with E-state index in [0.717, 1.165) is 17.0 Å². The van der Waals surface area contributed by atoms with Crippen molar-refractivity contribution >= 4 is 41.2 Å². The van der Waals surface area contributed by atoms with Crippen LogP contribution in [-0.4, -0.2) is 30.1 Å². The summed E-state index contributed by atoms with van der Waals surface area (Å²) in [5.41, 5.74) is 1.52. The van der Waals surface area contributed by atoms with Gasteiger partial charge in [-0.2, -0.15) is 10.1 Å². The lowest BCUT2D eigenvalue weighted by Crippen LogP contribution is -2.28. The molecule has 8 heteroatoms. The van der Waals surface area contributed by atoms with Crippen molar-refractivity contribution in [1.29, 1.82) is 0 Å². The van der Waals surface area contributed by atoms with E-state index in [9.17, 15) is 9.59 Å². The van der Waals surface area contributed by atoms with E-state index < -0.39 is 0 Å². The van der Waals surface area contributed by atoms with Crippen LogP contribution in [0.3, 0.4) is 0 Å². The Hall–Kier alpha value is -2.83. The highest BCUT2D eigenvalue weighted by molar-refractivity contribution is 6.32. The van der Waals surface area contributed by atoms with Crippen LogP contribution >= 0.6 is 23.2 Å². The number of allylic oxidation sites excluding steroid dienone is 2. The first-order chi connectivity index (χ1) is 15.5. The SMILES string of the molecule is COc1cc(/C=N/N2C(=O)C3C4C=CC(C4)C3C2=O)cc(Cl)c1OCc1ccc(Cl)cc1. The molecule has 2 amide bonds. The molecule has 0 radical (unpaired) electrons. The Kier molecular flexibility index (Phi) is 5.43. The topological polar surface area (TPSA) is 68.2 Å². The number of carbonyl (C=O) groups excluding carboxylic acids is 2. The predicted molar refractivity (Wildman–Crippen MR) is 121 cm³/mol. The Bertz CT molecular complexity index is 1120. The minimum atomic E-state index is -0.281. The Balaban J connectivity index is 1.33. The second kappa shape index (κ2) is 8.26. The number of rotatable bonds is 6. The quantitative estimate of drug-likeness (QED) is 0.347. The van der Waals surface area contributed by atoms with Gasteiger partial charge in [-0.15, -0.1) is 0 Å². The number of halogens is 2. The summed E-state index contributed by atoms with van der Waals surface area (Å²) in [5, 5.41) is 6.18. The van der Waals surface area contributed by atoms with Gasteiger partial charge in [-0.05, 0) is 53.6 Å². The zero-order chi connectivity index (χ0) is 22.4. The maximum atomic E-state index is 12.8. The largest absolute Gasteiger partial charge is 0.493 e. The fraction of sp³-hybridized carbons (Fsp3) is 0.292. The van der Waals surface area contributed by atoms with E-state index in [4.69, 9.17) is 32.7 Å². The summed E-state index contributed by atoms with van der Waals surface area (Å²) in [7, 11) is 1.51. The molecular formula is C24H20Cl2N2O4. The average Bonchev–Trinajstić information content (AvgIpc) is 3.46. The highest BCUT2D eigenvalue weighted by Crippen LogP contribution is 2.52. The van der Waals surface area contributed by atoms with E-state index in [1.807, 2.05) is 12.1 Å². The summed E-state index contributed by atoms with van der Waals surface area (Å²) in [6.45, 7) is 0.288. The monoisotopic (exact) mass is 470 g/mol. The number of ether oxygens (including phenoxy) is 2. The Morgan fingerprint density at radius 3 is 2.34 bits per heavy atom. The van der Waals surface area contributed by atoms with E-state index >= 15 is 0 Å². The lowest BCUT2D eigenvalue weighted by atomic mass is 9.85. The summed E-state index contributed by atoms with van der Waals surface area (Å²) in [5.74, 6) is 0.0930. The van der Waals surface area contributed by atoms with Gasteiger partial charge in [-0.3, -0.25) is 9.59 Å². The standard InChI is InChI=1S/C24H20Cl2N2O4/c1-31-19-9-14(8-18(26)22(19)32-12-13-2-6-17(25)7-3-13)11-27-28-23(29)20-15-4-5-16(10-15)21(20)24(28)30/h2-9,11,15-16,20-21H,10,12H2,1H3/b27-11+. The molecular weight excluding hydrogens is 451 g/mol. The molecule has 1 saturated heterocycles. The molecule has 3 aliphatic rings. The zero-order valence-corrected chi connectivity index (χ0v) is 18.7. The van der Waals surface area contributed by atoms with Crippen molar-refractivity contribution in [2.24, 2.45) is 28.8 Å². The first-order valence-corrected chi connectivity index (χ1v) is 11.1. The van der Waals surface area contributed by atoms with E-state index in [1.165, 1.54) is 13.3 Å². The van der Waals surface area contributed by atoms with Crippen LogP contribution in [0, 0.1) is 23.7 Å². The lowest BCUT2D eigenvalue weighted by molar-refractivity contribution is -0.140. The molecule has 0 spiro atoms. The highest BCUT2D eigenvalue weighted by Gasteiger charge is 2.59. The first-order valence-electron chi connectivity index (χ1n) is 10.3. The molecule has 1 saturated carbocycles. The summed E-state index contributed by atoms with van der Waals surface area (Å²) in [4.78, 5) is 25.5. The van der Waals surface area contributed by atoms with E-state index in [0.29, 0.717) is 27.1 Å². The molecule has 0 aromatic heterocycles. The Morgan fingerprint density at radius 2 is 1.72 bits per heavy atom. The van der Waals surface area contributed by atoms with Gasteiger partial charge < -0.3 is 9.47 Å². The number of hydrogen-bond acceptors (Lipinski definition) is 5. The third kappa shape index (κ3) is 3.57. The molecule has 4 atom stereocenters. The molecule has 32 heavy (non-hydrogen) atoms. The zero-order valence-electron chi connectivity index (χ0n) is 17.2. The van der Waals surface area contributed by atoms with Gasteiger partial charge in [0, 0.05) is 5.02 Å². The molecule has 2 aromatic rings. The molecule has 1 aliphatic heterocycles. The predicted octanol–water partition coefficient (Wildman–Crippen LogP) is 4.72. The van der Waals surface area contributed by atoms with Crippen LogP contribution in [0.1, 0.15) is 17.5 Å². The number of methoxy groups -OCH3 is 1. The van der Waals surface area contributed by atoms with Gasteiger partial charge in [0.05, 0.1) is 30.2 Å². The highest BCUT2D eigenvalue weighted by atomic mass is 35.5. The van der Waals surface area contributed by atoms with Crippen molar-refractivity contribution in [2.75, 3.05) is 7.11 Å². The average molecular weight is 471 g/mol. The number of fused-ring (bicyclic) bond motifs is 5. The molecule has 2 aliphatic carbocycles. The Morgan fingerprint density at radius 1 is 1.06 bits per heavy atom. The minimum absolute atomic E-state index is 0.147. The summed E-state index contributed by atoms with van der Waals surface area (Å²) in [6, 6.07) is 10.7. The van der Waals surface area contributed by atoms with E-state index in [2.05, 4.69) is 17.3 Å². The number of imide groups is 1. The molecule has 164 valence electrons. The van der Waals surface area contributed by atoms with Gasteiger partial charge in [-0.1, -0.05) is 47.5 Å². The van der Waals surface area contributed by atoms with Gasteiger partial charge in [-0.25, -0.2) is 0 Å². The van der Waals surface area contributed by atoms with E-state index in [-0.39, 0.29) is 42.1 Å². The van der Waals surface area contributed by atoms with Crippen molar-refractivity contribution in [3.63, 3.8) is 0 Å². The van der Waals surface area contributed by atoms with Gasteiger partial charge in [0.15, 0.2) is 11.5 Å². The van der Waals surface area contributed by atoms with Crippen LogP contribution in [0.15, 0.2) is 53.7 Å². The third-order valence-corrected chi connectivity index (χ3v) is 6.85. The molecule has 4 unspecified atom stereocenters. The molecule has 2 fully saturated rings. The number of carbonyl (C=O) groups is 2. The van der Waals surface area contributed by atoms with Gasteiger partial charge >= 0.3 is 0 Å². The summed E-state index contributed by atoms with van der Waals surface area (Å²) >= 11 is 12.4. The van der Waals surface area contributed by atoms with Crippen LogP contribution in [0.2, 0.25) is 10.0 Å². The van der Waals surface area contributed by atoms with Gasteiger partial charge in [0.1, 0.15) is 6.61 Å². The Labute approximate surface area is 195 Å². The molecule has 5 rings (SSSR count). The maximum absolute atomic E-state index is 12.8. The van der Waals surface area contributed by atoms with Crippen molar-refractivity contribution in [3.8, 4) is 11.5 Å². The van der Waals surface area contributed by atoms with Crippen LogP contribution in [-0.2, 0) is 16.2 Å². The van der Waals surface area contributed by atoms with Crippen LogP contribution in [0.5, 0.6) is 11.5 Å². The smallest absolute Gasteiger partial charge is 0.254 e. The van der Waals surface area contributed by atoms with Crippen LogP contribution in [0.25, 0.3) is 0 Å². The molecule has 2 bridgehead atoms. The molecule has 6 nitrogen and oxygen atoms in total. The minimum Gasteiger partial charge on any atom is -0.493 e.